The fourth-order valence-electron chi connectivity index (χ4n) is 3.95. The van der Waals surface area contributed by atoms with Crippen molar-refractivity contribution in [3.63, 3.8) is 0 Å². The van der Waals surface area contributed by atoms with Gasteiger partial charge < -0.3 is 14.5 Å². The van der Waals surface area contributed by atoms with Crippen molar-refractivity contribution < 1.29 is 17.9 Å². The number of ether oxygens (including phenoxy) is 2. The highest BCUT2D eigenvalue weighted by Crippen LogP contribution is 2.39. The third-order valence-corrected chi connectivity index (χ3v) is 7.22. The molecule has 140 valence electrons. The van der Waals surface area contributed by atoms with Crippen molar-refractivity contribution in [2.24, 2.45) is 0 Å². The molecule has 1 saturated heterocycles. The molecule has 1 atom stereocenters. The molecule has 2 aliphatic heterocycles. The third-order valence-electron chi connectivity index (χ3n) is 5.31. The van der Waals surface area contributed by atoms with Crippen molar-refractivity contribution in [2.75, 3.05) is 13.3 Å². The summed E-state index contributed by atoms with van der Waals surface area (Å²) >= 11 is 0. The Labute approximate surface area is 157 Å². The van der Waals surface area contributed by atoms with E-state index in [1.165, 1.54) is 0 Å². The second kappa shape index (κ2) is 6.28. The lowest BCUT2D eigenvalue weighted by Crippen LogP contribution is -2.38. The zero-order chi connectivity index (χ0) is 18.4. The zero-order valence-corrected chi connectivity index (χ0v) is 15.5. The fraction of sp³-hybridized carbons (Fsp3) is 0.300. The van der Waals surface area contributed by atoms with E-state index in [2.05, 4.69) is 11.1 Å². The van der Waals surface area contributed by atoms with Gasteiger partial charge in [0.15, 0.2) is 11.5 Å². The summed E-state index contributed by atoms with van der Waals surface area (Å²) in [5, 5.41) is 1.10. The zero-order valence-electron chi connectivity index (χ0n) is 14.7. The normalized spacial score (nSPS) is 20.2. The lowest BCUT2D eigenvalue weighted by atomic mass is 10.0. The molecule has 3 heterocycles. The van der Waals surface area contributed by atoms with E-state index in [1.54, 1.807) is 22.5 Å². The van der Waals surface area contributed by atoms with Crippen LogP contribution in [0, 0.1) is 0 Å². The summed E-state index contributed by atoms with van der Waals surface area (Å²) in [5.41, 5.74) is 1.97. The molecule has 1 unspecified atom stereocenters. The van der Waals surface area contributed by atoms with Crippen molar-refractivity contribution >= 4 is 20.9 Å². The summed E-state index contributed by atoms with van der Waals surface area (Å²) in [6.45, 7) is 0.636. The topological polar surface area (TPSA) is 71.6 Å². The third kappa shape index (κ3) is 2.78. The van der Waals surface area contributed by atoms with Gasteiger partial charge in [-0.15, -0.1) is 0 Å². The monoisotopic (exact) mass is 384 g/mol. The minimum atomic E-state index is -3.64. The molecule has 6 nitrogen and oxygen atoms in total. The molecule has 1 fully saturated rings. The number of fused-ring (bicyclic) bond motifs is 2. The number of rotatable bonds is 3. The van der Waals surface area contributed by atoms with E-state index in [9.17, 15) is 8.42 Å². The first kappa shape index (κ1) is 16.6. The van der Waals surface area contributed by atoms with Crippen LogP contribution >= 0.6 is 0 Å². The van der Waals surface area contributed by atoms with Gasteiger partial charge in [0.25, 0.3) is 0 Å². The SMILES string of the molecule is O=S(=O)(c1ccc2c(c1)OCO2)N1CCCCC1c1cc2ccccc2[nH]1. The van der Waals surface area contributed by atoms with Gasteiger partial charge in [-0.25, -0.2) is 8.42 Å². The molecule has 27 heavy (non-hydrogen) atoms. The predicted molar refractivity (Wildman–Crippen MR) is 101 cm³/mol. The van der Waals surface area contributed by atoms with Gasteiger partial charge in [0.05, 0.1) is 10.9 Å². The quantitative estimate of drug-likeness (QED) is 0.745. The van der Waals surface area contributed by atoms with Crippen LogP contribution < -0.4 is 9.47 Å². The smallest absolute Gasteiger partial charge is 0.243 e. The van der Waals surface area contributed by atoms with Crippen LogP contribution in [0.4, 0.5) is 0 Å². The van der Waals surface area contributed by atoms with Gasteiger partial charge in [0, 0.05) is 23.8 Å². The van der Waals surface area contributed by atoms with Crippen molar-refractivity contribution in [1.82, 2.24) is 9.29 Å². The summed E-state index contributed by atoms with van der Waals surface area (Å²) in [6, 6.07) is 14.7. The number of hydrogen-bond donors (Lipinski definition) is 1. The summed E-state index contributed by atoms with van der Waals surface area (Å²) in [7, 11) is -3.64. The van der Waals surface area contributed by atoms with E-state index >= 15 is 0 Å². The lowest BCUT2D eigenvalue weighted by molar-refractivity contribution is 0.174. The molecule has 3 aromatic rings. The Bertz CT molecular complexity index is 1070. The molecule has 0 spiro atoms. The number of benzene rings is 2. The van der Waals surface area contributed by atoms with Crippen LogP contribution in [0.15, 0.2) is 53.4 Å². The van der Waals surface area contributed by atoms with E-state index in [4.69, 9.17) is 9.47 Å². The van der Waals surface area contributed by atoms with Crippen LogP contribution in [0.5, 0.6) is 11.5 Å². The number of para-hydroxylation sites is 1. The maximum atomic E-state index is 13.4. The molecule has 0 bridgehead atoms. The number of aromatic nitrogens is 1. The van der Waals surface area contributed by atoms with Crippen molar-refractivity contribution in [1.29, 1.82) is 0 Å². The van der Waals surface area contributed by atoms with Crippen LogP contribution in [0.1, 0.15) is 31.0 Å². The largest absolute Gasteiger partial charge is 0.454 e. The minimum absolute atomic E-state index is 0.125. The highest BCUT2D eigenvalue weighted by Gasteiger charge is 2.36. The number of H-pyrrole nitrogens is 1. The van der Waals surface area contributed by atoms with Crippen LogP contribution in [0.3, 0.4) is 0 Å². The molecular formula is C20H20N2O4S. The maximum Gasteiger partial charge on any atom is 0.243 e. The summed E-state index contributed by atoms with van der Waals surface area (Å²) in [5.74, 6) is 1.06. The average Bonchev–Trinajstić information content (AvgIpc) is 3.34. The van der Waals surface area contributed by atoms with Gasteiger partial charge in [-0.3, -0.25) is 0 Å². The molecule has 0 amide bonds. The van der Waals surface area contributed by atoms with E-state index in [0.29, 0.717) is 18.0 Å². The van der Waals surface area contributed by atoms with Crippen LogP contribution in [-0.2, 0) is 10.0 Å². The van der Waals surface area contributed by atoms with Gasteiger partial charge >= 0.3 is 0 Å². The lowest BCUT2D eigenvalue weighted by Gasteiger charge is -2.34. The van der Waals surface area contributed by atoms with Gasteiger partial charge in [-0.1, -0.05) is 24.6 Å². The Kier molecular flexibility index (Phi) is 3.87. The first-order valence-corrected chi connectivity index (χ1v) is 10.6. The Morgan fingerprint density at radius 1 is 1.00 bits per heavy atom. The summed E-state index contributed by atoms with van der Waals surface area (Å²) in [4.78, 5) is 3.65. The fourth-order valence-corrected chi connectivity index (χ4v) is 5.64. The average molecular weight is 384 g/mol. The molecular weight excluding hydrogens is 364 g/mol. The van der Waals surface area contributed by atoms with Crippen LogP contribution in [-0.4, -0.2) is 31.0 Å². The second-order valence-electron chi connectivity index (χ2n) is 6.95. The second-order valence-corrected chi connectivity index (χ2v) is 8.84. The molecule has 2 aromatic carbocycles. The Balaban J connectivity index is 1.54. The number of nitrogens with zero attached hydrogens (tertiary/aromatic N) is 1. The molecule has 1 N–H and O–H groups in total. The highest BCUT2D eigenvalue weighted by atomic mass is 32.2. The van der Waals surface area contributed by atoms with E-state index in [0.717, 1.165) is 35.9 Å². The number of piperidine rings is 1. The number of aromatic amines is 1. The van der Waals surface area contributed by atoms with Gasteiger partial charge in [0.2, 0.25) is 16.8 Å². The first-order valence-electron chi connectivity index (χ1n) is 9.12. The molecule has 2 aliphatic rings. The Morgan fingerprint density at radius 3 is 2.74 bits per heavy atom. The minimum Gasteiger partial charge on any atom is -0.454 e. The molecule has 7 heteroatoms. The molecule has 0 aliphatic carbocycles. The molecule has 1 aromatic heterocycles. The van der Waals surface area contributed by atoms with E-state index < -0.39 is 10.0 Å². The van der Waals surface area contributed by atoms with E-state index in [-0.39, 0.29) is 17.7 Å². The van der Waals surface area contributed by atoms with Gasteiger partial charge in [-0.05, 0) is 42.5 Å². The molecule has 0 radical (unpaired) electrons. The van der Waals surface area contributed by atoms with Gasteiger partial charge in [-0.2, -0.15) is 4.31 Å². The van der Waals surface area contributed by atoms with Crippen molar-refractivity contribution in [3.05, 3.63) is 54.2 Å². The van der Waals surface area contributed by atoms with Gasteiger partial charge in [0.1, 0.15) is 0 Å². The summed E-state index contributed by atoms with van der Waals surface area (Å²) < 4.78 is 39.1. The molecule has 5 rings (SSSR count). The van der Waals surface area contributed by atoms with Crippen LogP contribution in [0.25, 0.3) is 10.9 Å². The van der Waals surface area contributed by atoms with Crippen LogP contribution in [0.2, 0.25) is 0 Å². The first-order chi connectivity index (χ1) is 13.1. The Morgan fingerprint density at radius 2 is 1.85 bits per heavy atom. The van der Waals surface area contributed by atoms with Crippen molar-refractivity contribution in [3.8, 4) is 11.5 Å². The number of hydrogen-bond acceptors (Lipinski definition) is 4. The predicted octanol–water partition coefficient (Wildman–Crippen LogP) is 3.81. The number of sulfonamides is 1. The highest BCUT2D eigenvalue weighted by molar-refractivity contribution is 7.89. The van der Waals surface area contributed by atoms with Crippen molar-refractivity contribution in [2.45, 2.75) is 30.2 Å². The Hall–Kier alpha value is -2.51. The summed E-state index contributed by atoms with van der Waals surface area (Å²) in [6.07, 6.45) is 2.67. The van der Waals surface area contributed by atoms with E-state index in [1.807, 2.05) is 24.3 Å². The standard InChI is InChI=1S/C20H20N2O4S/c23-27(24,15-8-9-19-20(12-15)26-13-25-19)22-10-4-3-7-18(22)17-11-14-5-1-2-6-16(14)21-17/h1-2,5-6,8-9,11-12,18,21H,3-4,7,10,13H2. The maximum absolute atomic E-state index is 13.4. The number of nitrogens with one attached hydrogen (secondary N) is 1. The molecule has 0 saturated carbocycles.